The Morgan fingerprint density at radius 3 is 3.00 bits per heavy atom. The van der Waals surface area contributed by atoms with Gasteiger partial charge in [-0.3, -0.25) is 4.68 Å². The highest BCUT2D eigenvalue weighted by Gasteiger charge is 2.30. The lowest BCUT2D eigenvalue weighted by Crippen LogP contribution is -2.42. The Kier molecular flexibility index (Phi) is 3.89. The van der Waals surface area contributed by atoms with Crippen molar-refractivity contribution in [1.82, 2.24) is 15.1 Å². The zero-order valence-electron chi connectivity index (χ0n) is 11.8. The topological polar surface area (TPSA) is 50.1 Å². The van der Waals surface area contributed by atoms with Crippen molar-refractivity contribution in [3.8, 4) is 0 Å². The molecule has 0 aromatic carbocycles. The van der Waals surface area contributed by atoms with Crippen LogP contribution in [0.2, 0.25) is 0 Å². The lowest BCUT2D eigenvalue weighted by molar-refractivity contribution is 0.143. The summed E-state index contributed by atoms with van der Waals surface area (Å²) >= 11 is 0. The molecule has 1 fully saturated rings. The van der Waals surface area contributed by atoms with Crippen LogP contribution in [-0.4, -0.2) is 27.5 Å². The van der Waals surface area contributed by atoms with Gasteiger partial charge in [0.25, 0.3) is 0 Å². The Labute approximate surface area is 115 Å². The molecule has 1 aromatic heterocycles. The zero-order chi connectivity index (χ0) is 13.2. The largest absolute Gasteiger partial charge is 0.396 e. The molecule has 0 amide bonds. The number of aliphatic hydroxyl groups is 1. The molecule has 0 saturated heterocycles. The first-order valence-corrected chi connectivity index (χ1v) is 7.67. The third-order valence-corrected chi connectivity index (χ3v) is 4.93. The molecule has 0 bridgehead atoms. The van der Waals surface area contributed by atoms with Crippen LogP contribution in [0.4, 0.5) is 0 Å². The number of nitrogens with one attached hydrogen (secondary N) is 1. The molecule has 0 aliphatic heterocycles. The Morgan fingerprint density at radius 1 is 1.32 bits per heavy atom. The number of aliphatic hydroxyl groups excluding tert-OH is 1. The molecule has 1 heterocycles. The van der Waals surface area contributed by atoms with Gasteiger partial charge in [-0.05, 0) is 38.0 Å². The van der Waals surface area contributed by atoms with Crippen molar-refractivity contribution in [2.75, 3.05) is 6.61 Å². The summed E-state index contributed by atoms with van der Waals surface area (Å²) in [7, 11) is 2.04. The van der Waals surface area contributed by atoms with Crippen LogP contribution < -0.4 is 5.32 Å². The molecule has 1 aromatic rings. The monoisotopic (exact) mass is 263 g/mol. The lowest BCUT2D eigenvalue weighted by Gasteiger charge is -2.35. The van der Waals surface area contributed by atoms with Crippen LogP contribution in [0.15, 0.2) is 6.20 Å². The van der Waals surface area contributed by atoms with Crippen LogP contribution >= 0.6 is 0 Å². The van der Waals surface area contributed by atoms with Gasteiger partial charge < -0.3 is 10.4 Å². The van der Waals surface area contributed by atoms with Gasteiger partial charge in [0.1, 0.15) is 0 Å². The summed E-state index contributed by atoms with van der Waals surface area (Å²) in [5.74, 6) is 0.441. The predicted octanol–water partition coefficient (Wildman–Crippen LogP) is 1.94. The summed E-state index contributed by atoms with van der Waals surface area (Å²) in [6.07, 6.45) is 10.6. The van der Waals surface area contributed by atoms with Crippen LogP contribution in [0.3, 0.4) is 0 Å². The highest BCUT2D eigenvalue weighted by atomic mass is 16.3. The number of rotatable bonds is 3. The number of hydrogen-bond donors (Lipinski definition) is 2. The van der Waals surface area contributed by atoms with E-state index in [0.29, 0.717) is 24.6 Å². The average Bonchev–Trinajstić information content (AvgIpc) is 2.82. The molecule has 4 nitrogen and oxygen atoms in total. The van der Waals surface area contributed by atoms with E-state index in [1.807, 2.05) is 17.9 Å². The molecule has 19 heavy (non-hydrogen) atoms. The molecule has 4 heteroatoms. The maximum Gasteiger partial charge on any atom is 0.0540 e. The van der Waals surface area contributed by atoms with Crippen molar-refractivity contribution < 1.29 is 5.11 Å². The van der Waals surface area contributed by atoms with Crippen LogP contribution in [0, 0.1) is 5.92 Å². The second-order valence-electron chi connectivity index (χ2n) is 6.12. The Morgan fingerprint density at radius 2 is 2.16 bits per heavy atom. The summed E-state index contributed by atoms with van der Waals surface area (Å²) < 4.78 is 2.02. The van der Waals surface area contributed by atoms with Crippen LogP contribution in [-0.2, 0) is 13.5 Å². The van der Waals surface area contributed by atoms with E-state index in [0.717, 1.165) is 6.42 Å². The Balaban J connectivity index is 1.73. The Bertz CT molecular complexity index is 429. The van der Waals surface area contributed by atoms with Gasteiger partial charge in [0.05, 0.1) is 6.20 Å². The fraction of sp³-hybridized carbons (Fsp3) is 0.800. The molecule has 1 saturated carbocycles. The van der Waals surface area contributed by atoms with Gasteiger partial charge in [0, 0.05) is 37.0 Å². The molecular formula is C15H25N3O. The zero-order valence-corrected chi connectivity index (χ0v) is 11.8. The Hall–Kier alpha value is -0.870. The van der Waals surface area contributed by atoms with Gasteiger partial charge in [-0.2, -0.15) is 5.10 Å². The maximum absolute atomic E-state index is 9.53. The minimum absolute atomic E-state index is 0.324. The maximum atomic E-state index is 9.53. The molecule has 3 unspecified atom stereocenters. The molecule has 0 spiro atoms. The van der Waals surface area contributed by atoms with Gasteiger partial charge in [-0.25, -0.2) is 0 Å². The fourth-order valence-electron chi connectivity index (χ4n) is 3.78. The van der Waals surface area contributed by atoms with E-state index in [2.05, 4.69) is 10.4 Å². The third-order valence-electron chi connectivity index (χ3n) is 4.93. The van der Waals surface area contributed by atoms with Gasteiger partial charge in [-0.15, -0.1) is 0 Å². The quantitative estimate of drug-likeness (QED) is 0.876. The molecule has 2 aliphatic carbocycles. The standard InChI is InChI=1S/C15H25N3O/c1-18-15-8-4-7-14(12(15)9-16-18)17-13-6-3-2-5-11(13)10-19/h9,11,13-14,17,19H,2-8,10H2,1H3. The summed E-state index contributed by atoms with van der Waals surface area (Å²) in [6, 6.07) is 0.921. The van der Waals surface area contributed by atoms with E-state index in [1.165, 1.54) is 49.8 Å². The summed E-state index contributed by atoms with van der Waals surface area (Å²) in [5.41, 5.74) is 2.77. The highest BCUT2D eigenvalue weighted by molar-refractivity contribution is 5.24. The summed E-state index contributed by atoms with van der Waals surface area (Å²) in [5, 5.41) is 17.8. The fourth-order valence-corrected chi connectivity index (χ4v) is 3.78. The first-order valence-electron chi connectivity index (χ1n) is 7.67. The average molecular weight is 263 g/mol. The van der Waals surface area contributed by atoms with E-state index in [9.17, 15) is 5.11 Å². The summed E-state index contributed by atoms with van der Waals surface area (Å²) in [4.78, 5) is 0. The normalized spacial score (nSPS) is 31.2. The summed E-state index contributed by atoms with van der Waals surface area (Å²) in [6.45, 7) is 0.324. The lowest BCUT2D eigenvalue weighted by atomic mass is 9.83. The smallest absolute Gasteiger partial charge is 0.0540 e. The van der Waals surface area contributed by atoms with Crippen molar-refractivity contribution in [1.29, 1.82) is 0 Å². The van der Waals surface area contributed by atoms with Crippen molar-refractivity contribution in [2.24, 2.45) is 13.0 Å². The van der Waals surface area contributed by atoms with E-state index in [1.54, 1.807) is 0 Å². The first-order chi connectivity index (χ1) is 9.29. The number of hydrogen-bond acceptors (Lipinski definition) is 3. The van der Waals surface area contributed by atoms with E-state index in [4.69, 9.17) is 0 Å². The molecule has 2 N–H and O–H groups in total. The molecule has 2 aliphatic rings. The molecule has 3 rings (SSSR count). The van der Waals surface area contributed by atoms with Crippen molar-refractivity contribution in [3.05, 3.63) is 17.5 Å². The molecular weight excluding hydrogens is 238 g/mol. The van der Waals surface area contributed by atoms with Gasteiger partial charge in [0.2, 0.25) is 0 Å². The second kappa shape index (κ2) is 5.63. The number of aryl methyl sites for hydroxylation is 1. The van der Waals surface area contributed by atoms with Crippen molar-refractivity contribution in [3.63, 3.8) is 0 Å². The van der Waals surface area contributed by atoms with Gasteiger partial charge in [0.15, 0.2) is 0 Å². The van der Waals surface area contributed by atoms with E-state index < -0.39 is 0 Å². The van der Waals surface area contributed by atoms with Gasteiger partial charge >= 0.3 is 0 Å². The number of fused-ring (bicyclic) bond motifs is 1. The molecule has 3 atom stereocenters. The second-order valence-corrected chi connectivity index (χ2v) is 6.12. The first kappa shape index (κ1) is 13.1. The van der Waals surface area contributed by atoms with Crippen molar-refractivity contribution >= 4 is 0 Å². The predicted molar refractivity (Wildman–Crippen MR) is 74.9 cm³/mol. The minimum atomic E-state index is 0.324. The van der Waals surface area contributed by atoms with Crippen LogP contribution in [0.1, 0.15) is 55.8 Å². The molecule has 106 valence electrons. The van der Waals surface area contributed by atoms with E-state index in [-0.39, 0.29) is 0 Å². The SMILES string of the molecule is Cn1ncc2c1CCCC2NC1CCCCC1CO. The minimum Gasteiger partial charge on any atom is -0.396 e. The number of nitrogens with zero attached hydrogens (tertiary/aromatic N) is 2. The van der Waals surface area contributed by atoms with Crippen LogP contribution in [0.5, 0.6) is 0 Å². The third kappa shape index (κ3) is 2.56. The number of aromatic nitrogens is 2. The van der Waals surface area contributed by atoms with Crippen LogP contribution in [0.25, 0.3) is 0 Å². The van der Waals surface area contributed by atoms with Gasteiger partial charge in [-0.1, -0.05) is 12.8 Å². The molecule has 0 radical (unpaired) electrons. The van der Waals surface area contributed by atoms with Crippen molar-refractivity contribution in [2.45, 2.75) is 57.0 Å². The highest BCUT2D eigenvalue weighted by Crippen LogP contribution is 2.32. The van der Waals surface area contributed by atoms with E-state index >= 15 is 0 Å².